The number of nitrogens with zero attached hydrogens (tertiary/aromatic N) is 3. The third kappa shape index (κ3) is 2.48. The lowest BCUT2D eigenvalue weighted by atomic mass is 10.2. The molecule has 0 spiro atoms. The maximum atomic E-state index is 5.79. The Balaban J connectivity index is 2.07. The van der Waals surface area contributed by atoms with Crippen molar-refractivity contribution in [1.82, 2.24) is 15.0 Å². The predicted octanol–water partition coefficient (Wildman–Crippen LogP) is 3.78. The first-order valence-electron chi connectivity index (χ1n) is 5.74. The predicted molar refractivity (Wildman–Crippen MR) is 73.6 cm³/mol. The minimum absolute atomic E-state index is 0.293. The molecule has 4 nitrogen and oxygen atoms in total. The number of benzene rings is 1. The number of para-hydroxylation sites is 1. The average Bonchev–Trinajstić information content (AvgIpc) is 2.39. The Kier molecular flexibility index (Phi) is 3.01. The van der Waals surface area contributed by atoms with Crippen LogP contribution in [-0.4, -0.2) is 15.0 Å². The van der Waals surface area contributed by atoms with Crippen LogP contribution in [0.4, 0.5) is 0 Å². The van der Waals surface area contributed by atoms with Crippen LogP contribution in [0.25, 0.3) is 10.9 Å². The van der Waals surface area contributed by atoms with Crippen LogP contribution < -0.4 is 4.74 Å². The molecule has 0 radical (unpaired) electrons. The summed E-state index contributed by atoms with van der Waals surface area (Å²) in [5, 5.41) is 1.31. The van der Waals surface area contributed by atoms with Gasteiger partial charge in [0.15, 0.2) is 10.9 Å². The summed E-state index contributed by atoms with van der Waals surface area (Å²) in [5.74, 6) is 0.987. The lowest BCUT2D eigenvalue weighted by Crippen LogP contribution is -1.92. The SMILES string of the molecule is Cc1ccc2cccc(Oc3cncc(Cl)n3)c2n1. The summed E-state index contributed by atoms with van der Waals surface area (Å²) in [6, 6.07) is 9.71. The first-order chi connectivity index (χ1) is 9.22. The first kappa shape index (κ1) is 11.9. The maximum Gasteiger partial charge on any atom is 0.239 e. The fourth-order valence-corrected chi connectivity index (χ4v) is 1.93. The third-order valence-corrected chi connectivity index (χ3v) is 2.80. The van der Waals surface area contributed by atoms with Crippen LogP contribution in [0.5, 0.6) is 11.6 Å². The molecule has 19 heavy (non-hydrogen) atoms. The van der Waals surface area contributed by atoms with Crippen molar-refractivity contribution in [1.29, 1.82) is 0 Å². The van der Waals surface area contributed by atoms with E-state index in [1.54, 1.807) is 0 Å². The smallest absolute Gasteiger partial charge is 0.239 e. The van der Waals surface area contributed by atoms with E-state index < -0.39 is 0 Å². The summed E-state index contributed by atoms with van der Waals surface area (Å²) in [5.41, 5.74) is 1.73. The number of ether oxygens (including phenoxy) is 1. The highest BCUT2D eigenvalue weighted by Gasteiger charge is 2.06. The van der Waals surface area contributed by atoms with Crippen molar-refractivity contribution < 1.29 is 4.74 Å². The number of fused-ring (bicyclic) bond motifs is 1. The topological polar surface area (TPSA) is 47.9 Å². The van der Waals surface area contributed by atoms with Crippen molar-refractivity contribution in [3.63, 3.8) is 0 Å². The molecule has 1 aromatic carbocycles. The Labute approximate surface area is 115 Å². The van der Waals surface area contributed by atoms with E-state index in [1.807, 2.05) is 37.3 Å². The monoisotopic (exact) mass is 271 g/mol. The normalized spacial score (nSPS) is 10.6. The van der Waals surface area contributed by atoms with Crippen molar-refractivity contribution in [2.24, 2.45) is 0 Å². The first-order valence-corrected chi connectivity index (χ1v) is 6.12. The molecule has 0 aliphatic heterocycles. The molecule has 3 aromatic rings. The molecule has 0 unspecified atom stereocenters. The Morgan fingerprint density at radius 1 is 1.05 bits per heavy atom. The van der Waals surface area contributed by atoms with Crippen molar-refractivity contribution in [2.75, 3.05) is 0 Å². The van der Waals surface area contributed by atoms with E-state index in [4.69, 9.17) is 16.3 Å². The summed E-state index contributed by atoms with van der Waals surface area (Å²) >= 11 is 5.79. The standard InChI is InChI=1S/C14H10ClN3O/c1-9-5-6-10-3-2-4-11(14(10)17-9)19-13-8-16-7-12(15)18-13/h2-8H,1H3. The minimum atomic E-state index is 0.293. The highest BCUT2D eigenvalue weighted by atomic mass is 35.5. The van der Waals surface area contributed by atoms with Gasteiger partial charge in [-0.3, -0.25) is 4.98 Å². The summed E-state index contributed by atoms with van der Waals surface area (Å²) < 4.78 is 5.71. The summed E-state index contributed by atoms with van der Waals surface area (Å²) in [6.07, 6.45) is 2.97. The zero-order chi connectivity index (χ0) is 13.2. The van der Waals surface area contributed by atoms with E-state index in [2.05, 4.69) is 15.0 Å². The van der Waals surface area contributed by atoms with Gasteiger partial charge < -0.3 is 4.74 Å². The number of hydrogen-bond acceptors (Lipinski definition) is 4. The van der Waals surface area contributed by atoms with Crippen LogP contribution >= 0.6 is 11.6 Å². The quantitative estimate of drug-likeness (QED) is 0.712. The van der Waals surface area contributed by atoms with Gasteiger partial charge in [0, 0.05) is 11.1 Å². The minimum Gasteiger partial charge on any atom is -0.435 e. The van der Waals surface area contributed by atoms with Gasteiger partial charge in [0.25, 0.3) is 0 Å². The Bertz CT molecular complexity index is 746. The highest BCUT2D eigenvalue weighted by molar-refractivity contribution is 6.29. The van der Waals surface area contributed by atoms with Gasteiger partial charge >= 0.3 is 0 Å². The van der Waals surface area contributed by atoms with Crippen molar-refractivity contribution in [3.05, 3.63) is 53.6 Å². The summed E-state index contributed by atoms with van der Waals surface area (Å²) in [6.45, 7) is 1.94. The molecule has 0 amide bonds. The molecule has 2 aromatic heterocycles. The van der Waals surface area contributed by atoms with Crippen LogP contribution in [0.3, 0.4) is 0 Å². The van der Waals surface area contributed by atoms with Gasteiger partial charge in [-0.15, -0.1) is 0 Å². The lowest BCUT2D eigenvalue weighted by Gasteiger charge is -2.07. The van der Waals surface area contributed by atoms with Crippen LogP contribution in [0.15, 0.2) is 42.7 Å². The van der Waals surface area contributed by atoms with E-state index in [0.717, 1.165) is 16.6 Å². The molecule has 2 heterocycles. The van der Waals surface area contributed by atoms with E-state index in [9.17, 15) is 0 Å². The number of pyridine rings is 1. The van der Waals surface area contributed by atoms with Crippen LogP contribution in [0.1, 0.15) is 5.69 Å². The summed E-state index contributed by atoms with van der Waals surface area (Å²) in [4.78, 5) is 12.5. The van der Waals surface area contributed by atoms with Gasteiger partial charge in [-0.1, -0.05) is 29.8 Å². The number of rotatable bonds is 2. The largest absolute Gasteiger partial charge is 0.435 e. The zero-order valence-electron chi connectivity index (χ0n) is 10.2. The molecule has 0 atom stereocenters. The lowest BCUT2D eigenvalue weighted by molar-refractivity contribution is 0.464. The van der Waals surface area contributed by atoms with Gasteiger partial charge in [0.05, 0.1) is 12.4 Å². The van der Waals surface area contributed by atoms with Crippen molar-refractivity contribution in [2.45, 2.75) is 6.92 Å². The molecule has 3 rings (SSSR count). The second-order valence-corrected chi connectivity index (χ2v) is 4.45. The third-order valence-electron chi connectivity index (χ3n) is 2.62. The Hall–Kier alpha value is -2.20. The number of aromatic nitrogens is 3. The fourth-order valence-electron chi connectivity index (χ4n) is 1.79. The molecule has 0 saturated carbocycles. The van der Waals surface area contributed by atoms with Gasteiger partial charge in [-0.2, -0.15) is 4.98 Å². The summed E-state index contributed by atoms with van der Waals surface area (Å²) in [7, 11) is 0. The molecule has 0 aliphatic rings. The molecule has 0 bridgehead atoms. The maximum absolute atomic E-state index is 5.79. The second-order valence-electron chi connectivity index (χ2n) is 4.06. The van der Waals surface area contributed by atoms with Crippen LogP contribution in [-0.2, 0) is 0 Å². The molecular formula is C14H10ClN3O. The Morgan fingerprint density at radius 2 is 1.95 bits per heavy atom. The fraction of sp³-hybridized carbons (Fsp3) is 0.0714. The molecule has 0 N–H and O–H groups in total. The van der Waals surface area contributed by atoms with Crippen molar-refractivity contribution in [3.8, 4) is 11.6 Å². The van der Waals surface area contributed by atoms with E-state index in [1.165, 1.54) is 12.4 Å². The van der Waals surface area contributed by atoms with Crippen LogP contribution in [0.2, 0.25) is 5.15 Å². The molecule has 0 fully saturated rings. The molecule has 0 saturated heterocycles. The number of hydrogen-bond donors (Lipinski definition) is 0. The molecule has 94 valence electrons. The average molecular weight is 272 g/mol. The molecule has 5 heteroatoms. The van der Waals surface area contributed by atoms with Gasteiger partial charge in [0.1, 0.15) is 5.52 Å². The van der Waals surface area contributed by atoms with Crippen molar-refractivity contribution >= 4 is 22.5 Å². The molecule has 0 aliphatic carbocycles. The van der Waals surface area contributed by atoms with Gasteiger partial charge in [-0.25, -0.2) is 4.98 Å². The Morgan fingerprint density at radius 3 is 2.79 bits per heavy atom. The van der Waals surface area contributed by atoms with Gasteiger partial charge in [-0.05, 0) is 19.1 Å². The molecular weight excluding hydrogens is 262 g/mol. The van der Waals surface area contributed by atoms with Crippen LogP contribution in [0, 0.1) is 6.92 Å². The zero-order valence-corrected chi connectivity index (χ0v) is 10.9. The number of aryl methyl sites for hydroxylation is 1. The van der Waals surface area contributed by atoms with Gasteiger partial charge in [0.2, 0.25) is 5.88 Å². The van der Waals surface area contributed by atoms with E-state index >= 15 is 0 Å². The van der Waals surface area contributed by atoms with E-state index in [-0.39, 0.29) is 0 Å². The van der Waals surface area contributed by atoms with E-state index in [0.29, 0.717) is 16.8 Å². The second kappa shape index (κ2) is 4.82. The number of halogens is 1. The highest BCUT2D eigenvalue weighted by Crippen LogP contribution is 2.27.